The van der Waals surface area contributed by atoms with E-state index in [0.29, 0.717) is 12.5 Å². The maximum absolute atomic E-state index is 12.6. The molecule has 5 heteroatoms. The summed E-state index contributed by atoms with van der Waals surface area (Å²) in [6, 6.07) is 0. The van der Waals surface area contributed by atoms with Crippen molar-refractivity contribution in [1.29, 1.82) is 0 Å². The van der Waals surface area contributed by atoms with E-state index in [0.717, 1.165) is 44.6 Å². The van der Waals surface area contributed by atoms with Gasteiger partial charge in [0.15, 0.2) is 0 Å². The number of hydrogen-bond acceptors (Lipinski definition) is 3. The van der Waals surface area contributed by atoms with Gasteiger partial charge in [-0.05, 0) is 25.2 Å². The lowest BCUT2D eigenvalue weighted by Gasteiger charge is -2.37. The van der Waals surface area contributed by atoms with Crippen molar-refractivity contribution < 1.29 is 9.53 Å². The fourth-order valence-electron chi connectivity index (χ4n) is 2.92. The van der Waals surface area contributed by atoms with Crippen LogP contribution < -0.4 is 0 Å². The van der Waals surface area contributed by atoms with Crippen LogP contribution in [0.3, 0.4) is 0 Å². The molecule has 0 unspecified atom stereocenters. The van der Waals surface area contributed by atoms with Crippen molar-refractivity contribution in [1.82, 2.24) is 14.9 Å². The van der Waals surface area contributed by atoms with Crippen molar-refractivity contribution in [3.63, 3.8) is 0 Å². The highest BCUT2D eigenvalue weighted by atomic mass is 16.5. The van der Waals surface area contributed by atoms with Crippen molar-refractivity contribution in [3.8, 4) is 0 Å². The first-order chi connectivity index (χ1) is 10.0. The molecule has 0 saturated carbocycles. The van der Waals surface area contributed by atoms with Crippen molar-refractivity contribution in [3.05, 3.63) is 18.2 Å². The second-order valence-corrected chi connectivity index (χ2v) is 6.60. The average molecular weight is 293 g/mol. The molecule has 0 spiro atoms. The Kier molecular flexibility index (Phi) is 5.39. The average Bonchev–Trinajstić information content (AvgIpc) is 2.98. The van der Waals surface area contributed by atoms with Crippen LogP contribution in [0.25, 0.3) is 0 Å². The first-order valence-electron chi connectivity index (χ1n) is 7.79. The number of amides is 1. The molecular weight excluding hydrogens is 266 g/mol. The molecule has 1 aromatic rings. The lowest BCUT2D eigenvalue weighted by Crippen LogP contribution is -2.45. The minimum Gasteiger partial charge on any atom is -0.385 e. The van der Waals surface area contributed by atoms with Gasteiger partial charge in [-0.3, -0.25) is 4.79 Å². The van der Waals surface area contributed by atoms with Gasteiger partial charge in [0.2, 0.25) is 5.91 Å². The molecule has 1 saturated heterocycles. The summed E-state index contributed by atoms with van der Waals surface area (Å²) in [6.45, 7) is 6.39. The summed E-state index contributed by atoms with van der Waals surface area (Å²) in [6.07, 6.45) is 7.55. The predicted molar refractivity (Wildman–Crippen MR) is 81.9 cm³/mol. The second kappa shape index (κ2) is 7.07. The highest BCUT2D eigenvalue weighted by Gasteiger charge is 2.33. The van der Waals surface area contributed by atoms with E-state index in [9.17, 15) is 4.79 Å². The van der Waals surface area contributed by atoms with E-state index >= 15 is 0 Å². The van der Waals surface area contributed by atoms with Crippen LogP contribution in [0.15, 0.2) is 12.4 Å². The molecule has 1 aliphatic rings. The van der Waals surface area contributed by atoms with Crippen LogP contribution in [-0.4, -0.2) is 47.6 Å². The van der Waals surface area contributed by atoms with Gasteiger partial charge in [0, 0.05) is 51.0 Å². The van der Waals surface area contributed by atoms with Gasteiger partial charge in [-0.2, -0.15) is 0 Å². The van der Waals surface area contributed by atoms with E-state index in [1.165, 1.54) is 0 Å². The van der Waals surface area contributed by atoms with Gasteiger partial charge in [0.25, 0.3) is 0 Å². The number of ether oxygens (including phenoxy) is 1. The molecule has 118 valence electrons. The Morgan fingerprint density at radius 1 is 1.48 bits per heavy atom. The second-order valence-electron chi connectivity index (χ2n) is 6.60. The van der Waals surface area contributed by atoms with E-state index in [1.807, 2.05) is 24.9 Å². The molecule has 0 atom stereocenters. The van der Waals surface area contributed by atoms with Crippen LogP contribution >= 0.6 is 0 Å². The third-order valence-corrected chi connectivity index (χ3v) is 4.45. The Hall–Kier alpha value is -1.36. The molecule has 5 nitrogen and oxygen atoms in total. The molecule has 1 aliphatic heterocycles. The Morgan fingerprint density at radius 2 is 2.19 bits per heavy atom. The SMILES string of the molecule is COCCC(C)(C)C(=O)N1CCC(Cc2ncc[nH]2)CC1. The third kappa shape index (κ3) is 4.30. The van der Waals surface area contributed by atoms with Crippen LogP contribution in [0.2, 0.25) is 0 Å². The zero-order valence-electron chi connectivity index (χ0n) is 13.4. The number of imidazole rings is 1. The van der Waals surface area contributed by atoms with Gasteiger partial charge in [0.1, 0.15) is 5.82 Å². The molecule has 0 radical (unpaired) electrons. The van der Waals surface area contributed by atoms with E-state index in [-0.39, 0.29) is 11.3 Å². The maximum atomic E-state index is 12.6. The highest BCUT2D eigenvalue weighted by molar-refractivity contribution is 5.82. The van der Waals surface area contributed by atoms with Gasteiger partial charge >= 0.3 is 0 Å². The Balaban J connectivity index is 1.81. The number of nitrogens with zero attached hydrogens (tertiary/aromatic N) is 2. The number of hydrogen-bond donors (Lipinski definition) is 1. The molecule has 1 amide bonds. The summed E-state index contributed by atoms with van der Waals surface area (Å²) in [7, 11) is 1.68. The summed E-state index contributed by atoms with van der Waals surface area (Å²) < 4.78 is 5.11. The lowest BCUT2D eigenvalue weighted by molar-refractivity contribution is -0.142. The highest BCUT2D eigenvalue weighted by Crippen LogP contribution is 2.27. The zero-order chi connectivity index (χ0) is 15.3. The smallest absolute Gasteiger partial charge is 0.228 e. The van der Waals surface area contributed by atoms with Gasteiger partial charge in [-0.25, -0.2) is 4.98 Å². The monoisotopic (exact) mass is 293 g/mol. The first-order valence-corrected chi connectivity index (χ1v) is 7.79. The maximum Gasteiger partial charge on any atom is 0.228 e. The molecule has 1 aromatic heterocycles. The quantitative estimate of drug-likeness (QED) is 0.875. The van der Waals surface area contributed by atoms with Crippen molar-refractivity contribution in [2.24, 2.45) is 11.3 Å². The molecular formula is C16H27N3O2. The number of aromatic nitrogens is 2. The van der Waals surface area contributed by atoms with Crippen molar-refractivity contribution in [2.75, 3.05) is 26.8 Å². The minimum atomic E-state index is -0.330. The summed E-state index contributed by atoms with van der Waals surface area (Å²) in [4.78, 5) is 22.1. The van der Waals surface area contributed by atoms with E-state index < -0.39 is 0 Å². The van der Waals surface area contributed by atoms with Crippen molar-refractivity contribution >= 4 is 5.91 Å². The van der Waals surface area contributed by atoms with Crippen LogP contribution in [0, 0.1) is 11.3 Å². The number of nitrogens with one attached hydrogen (secondary N) is 1. The normalized spacial score (nSPS) is 17.2. The predicted octanol–water partition coefficient (Wildman–Crippen LogP) is 2.25. The lowest BCUT2D eigenvalue weighted by atomic mass is 9.86. The number of methoxy groups -OCH3 is 1. The Labute approximate surface area is 127 Å². The fourth-order valence-corrected chi connectivity index (χ4v) is 2.92. The standard InChI is InChI=1S/C16H27N3O2/c1-16(2,6-11-21-3)15(20)19-9-4-13(5-10-19)12-14-17-7-8-18-14/h7-8,13H,4-6,9-12H2,1-3H3,(H,17,18). The van der Waals surface area contributed by atoms with E-state index in [4.69, 9.17) is 4.74 Å². The van der Waals surface area contributed by atoms with Gasteiger partial charge in [-0.15, -0.1) is 0 Å². The number of carbonyl (C=O) groups is 1. The molecule has 0 aliphatic carbocycles. The molecule has 1 N–H and O–H groups in total. The van der Waals surface area contributed by atoms with E-state index in [1.54, 1.807) is 13.3 Å². The van der Waals surface area contributed by atoms with Crippen LogP contribution in [0.4, 0.5) is 0 Å². The fraction of sp³-hybridized carbons (Fsp3) is 0.750. The number of likely N-dealkylation sites (tertiary alicyclic amines) is 1. The van der Waals surface area contributed by atoms with E-state index in [2.05, 4.69) is 9.97 Å². The van der Waals surface area contributed by atoms with Gasteiger partial charge in [-0.1, -0.05) is 13.8 Å². The summed E-state index contributed by atoms with van der Waals surface area (Å²) in [5, 5.41) is 0. The van der Waals surface area contributed by atoms with Crippen LogP contribution in [-0.2, 0) is 16.0 Å². The van der Waals surface area contributed by atoms with Crippen LogP contribution in [0.1, 0.15) is 38.9 Å². The molecule has 2 heterocycles. The summed E-state index contributed by atoms with van der Waals surface area (Å²) in [5.41, 5.74) is -0.330. The molecule has 1 fully saturated rings. The Bertz CT molecular complexity index is 434. The Morgan fingerprint density at radius 3 is 2.76 bits per heavy atom. The number of piperidine rings is 1. The largest absolute Gasteiger partial charge is 0.385 e. The topological polar surface area (TPSA) is 58.2 Å². The molecule has 2 rings (SSSR count). The first kappa shape index (κ1) is 16.0. The van der Waals surface area contributed by atoms with Gasteiger partial charge < -0.3 is 14.6 Å². The minimum absolute atomic E-state index is 0.260. The zero-order valence-corrected chi connectivity index (χ0v) is 13.4. The van der Waals surface area contributed by atoms with Crippen molar-refractivity contribution in [2.45, 2.75) is 39.5 Å². The number of aromatic amines is 1. The molecule has 0 bridgehead atoms. The van der Waals surface area contributed by atoms with Crippen LogP contribution in [0.5, 0.6) is 0 Å². The molecule has 21 heavy (non-hydrogen) atoms. The van der Waals surface area contributed by atoms with Gasteiger partial charge in [0.05, 0.1) is 0 Å². The number of H-pyrrole nitrogens is 1. The summed E-state index contributed by atoms with van der Waals surface area (Å²) >= 11 is 0. The third-order valence-electron chi connectivity index (χ3n) is 4.45. The number of carbonyl (C=O) groups excluding carboxylic acids is 1. The molecule has 0 aromatic carbocycles. The summed E-state index contributed by atoms with van der Waals surface area (Å²) in [5.74, 6) is 1.94. The number of rotatable bonds is 6.